The highest BCUT2D eigenvalue weighted by atomic mass is 16.5. The molecule has 6 nitrogen and oxygen atoms in total. The first-order chi connectivity index (χ1) is 17.1. The van der Waals surface area contributed by atoms with Crippen molar-refractivity contribution >= 4 is 11.6 Å². The van der Waals surface area contributed by atoms with Crippen LogP contribution in [-0.2, 0) is 11.2 Å². The van der Waals surface area contributed by atoms with Crippen LogP contribution in [0.4, 0.5) is 5.69 Å². The molecule has 1 N–H and O–H groups in total. The highest BCUT2D eigenvalue weighted by Crippen LogP contribution is 2.43. The molecule has 0 bridgehead atoms. The van der Waals surface area contributed by atoms with Gasteiger partial charge in [-0.15, -0.1) is 0 Å². The summed E-state index contributed by atoms with van der Waals surface area (Å²) in [6, 6.07) is 16.6. The third kappa shape index (κ3) is 4.99. The average molecular weight is 479 g/mol. The van der Waals surface area contributed by atoms with Crippen LogP contribution in [0.3, 0.4) is 0 Å². The molecule has 1 unspecified atom stereocenters. The van der Waals surface area contributed by atoms with Crippen LogP contribution in [0.2, 0.25) is 0 Å². The molecular weight excluding hydrogens is 440 g/mol. The molecule has 5 rings (SSSR count). The van der Waals surface area contributed by atoms with Crippen molar-refractivity contribution in [3.63, 3.8) is 0 Å². The van der Waals surface area contributed by atoms with Gasteiger partial charge < -0.3 is 24.4 Å². The second kappa shape index (κ2) is 10.5. The Morgan fingerprint density at radius 3 is 2.46 bits per heavy atom. The average Bonchev–Trinajstić information content (AvgIpc) is 3.37. The van der Waals surface area contributed by atoms with Crippen molar-refractivity contribution in [1.29, 1.82) is 0 Å². The fourth-order valence-electron chi connectivity index (χ4n) is 5.91. The first kappa shape index (κ1) is 24.0. The van der Waals surface area contributed by atoms with Crippen LogP contribution in [0.5, 0.6) is 11.5 Å². The van der Waals surface area contributed by atoms with E-state index in [0.717, 1.165) is 68.8 Å². The van der Waals surface area contributed by atoms with E-state index >= 15 is 0 Å². The van der Waals surface area contributed by atoms with Gasteiger partial charge in [0.1, 0.15) is 0 Å². The van der Waals surface area contributed by atoms with Crippen LogP contribution in [0, 0.1) is 5.41 Å². The second-order valence-electron chi connectivity index (χ2n) is 10.4. The van der Waals surface area contributed by atoms with Gasteiger partial charge in [0.05, 0.1) is 31.3 Å². The number of aliphatic hydroxyl groups is 1. The monoisotopic (exact) mass is 478 g/mol. The highest BCUT2D eigenvalue weighted by Gasteiger charge is 2.48. The van der Waals surface area contributed by atoms with Gasteiger partial charge in [-0.05, 0) is 62.6 Å². The summed E-state index contributed by atoms with van der Waals surface area (Å²) in [5.41, 5.74) is 1.76. The molecule has 3 aliphatic rings. The maximum absolute atomic E-state index is 13.6. The lowest BCUT2D eigenvalue weighted by Crippen LogP contribution is -2.61. The normalized spacial score (nSPS) is 22.1. The minimum atomic E-state index is -0.570. The summed E-state index contributed by atoms with van der Waals surface area (Å²) < 4.78 is 11.9. The largest absolute Gasteiger partial charge is 0.493 e. The van der Waals surface area contributed by atoms with Gasteiger partial charge in [0.15, 0.2) is 11.5 Å². The number of hydrogen-bond donors (Lipinski definition) is 1. The number of benzene rings is 2. The number of methoxy groups -OCH3 is 1. The number of aliphatic hydroxyl groups excluding tert-OH is 1. The molecule has 1 saturated heterocycles. The van der Waals surface area contributed by atoms with Crippen LogP contribution < -0.4 is 14.4 Å². The van der Waals surface area contributed by atoms with Crippen LogP contribution in [0.1, 0.15) is 50.5 Å². The van der Waals surface area contributed by atoms with Gasteiger partial charge in [-0.25, -0.2) is 0 Å². The number of anilines is 1. The number of nitrogens with zero attached hydrogens (tertiary/aromatic N) is 2. The molecule has 2 saturated carbocycles. The number of amides is 1. The van der Waals surface area contributed by atoms with Crippen molar-refractivity contribution < 1.29 is 19.4 Å². The van der Waals surface area contributed by atoms with Crippen LogP contribution >= 0.6 is 0 Å². The summed E-state index contributed by atoms with van der Waals surface area (Å²) in [5, 5.41) is 10.1. The molecule has 3 fully saturated rings. The van der Waals surface area contributed by atoms with Gasteiger partial charge in [-0.3, -0.25) is 4.79 Å². The van der Waals surface area contributed by atoms with E-state index in [-0.39, 0.29) is 24.7 Å². The fourth-order valence-corrected chi connectivity index (χ4v) is 5.91. The maximum Gasteiger partial charge on any atom is 0.231 e. The third-order valence-electron chi connectivity index (χ3n) is 8.23. The van der Waals surface area contributed by atoms with E-state index in [9.17, 15) is 9.90 Å². The molecular formula is C29H38N2O4. The maximum atomic E-state index is 13.6. The third-order valence-corrected chi connectivity index (χ3v) is 8.23. The lowest BCUT2D eigenvalue weighted by molar-refractivity contribution is -0.154. The van der Waals surface area contributed by atoms with E-state index in [0.29, 0.717) is 6.54 Å². The number of hydrogen-bond acceptors (Lipinski definition) is 5. The Hall–Kier alpha value is -2.73. The Labute approximate surface area is 208 Å². The van der Waals surface area contributed by atoms with E-state index in [1.807, 2.05) is 12.1 Å². The van der Waals surface area contributed by atoms with E-state index < -0.39 is 5.41 Å². The number of piperazine rings is 1. The van der Waals surface area contributed by atoms with Crippen molar-refractivity contribution in [3.05, 3.63) is 54.1 Å². The molecule has 2 aromatic rings. The molecule has 1 amide bonds. The SMILES string of the molecule is COc1ccc(N2CCN(C(=O)C3(CO)CCC3)C(Cc3ccccc3)C2)cc1OC1CCCC1. The molecule has 2 aliphatic carbocycles. The number of rotatable bonds is 8. The quantitative estimate of drug-likeness (QED) is 0.608. The Kier molecular flexibility index (Phi) is 7.19. The fraction of sp³-hybridized carbons (Fsp3) is 0.552. The summed E-state index contributed by atoms with van der Waals surface area (Å²) in [7, 11) is 1.69. The zero-order chi connectivity index (χ0) is 24.3. The summed E-state index contributed by atoms with van der Waals surface area (Å²) >= 11 is 0. The summed E-state index contributed by atoms with van der Waals surface area (Å²) in [6.07, 6.45) is 8.30. The smallest absolute Gasteiger partial charge is 0.231 e. The summed E-state index contributed by atoms with van der Waals surface area (Å²) in [6.45, 7) is 2.11. The van der Waals surface area contributed by atoms with Gasteiger partial charge in [0.25, 0.3) is 0 Å². The molecule has 188 valence electrons. The van der Waals surface area contributed by atoms with Crippen LogP contribution in [0.25, 0.3) is 0 Å². The topological polar surface area (TPSA) is 62.2 Å². The van der Waals surface area contributed by atoms with Crippen molar-refractivity contribution in [2.24, 2.45) is 5.41 Å². The van der Waals surface area contributed by atoms with Gasteiger partial charge in [0, 0.05) is 31.4 Å². The van der Waals surface area contributed by atoms with E-state index in [2.05, 4.69) is 46.2 Å². The second-order valence-corrected chi connectivity index (χ2v) is 10.4. The lowest BCUT2D eigenvalue weighted by Gasteiger charge is -2.48. The van der Waals surface area contributed by atoms with Gasteiger partial charge >= 0.3 is 0 Å². The zero-order valence-electron chi connectivity index (χ0n) is 20.8. The number of carbonyl (C=O) groups is 1. The van der Waals surface area contributed by atoms with Crippen LogP contribution in [0.15, 0.2) is 48.5 Å². The summed E-state index contributed by atoms with van der Waals surface area (Å²) in [4.78, 5) is 18.0. The molecule has 0 aromatic heterocycles. The molecule has 1 atom stereocenters. The van der Waals surface area contributed by atoms with E-state index in [1.54, 1.807) is 7.11 Å². The molecule has 1 aliphatic heterocycles. The van der Waals surface area contributed by atoms with Gasteiger partial charge in [-0.2, -0.15) is 0 Å². The van der Waals surface area contributed by atoms with Gasteiger partial charge in [0.2, 0.25) is 5.91 Å². The standard InChI is InChI=1S/C29H38N2O4/c1-34-26-13-12-23(19-27(26)35-25-10-5-6-11-25)30-16-17-31(28(33)29(21-32)14-7-15-29)24(20-30)18-22-8-3-2-4-9-22/h2-4,8-9,12-13,19,24-25,32H,5-7,10-11,14-18,20-21H2,1H3. The van der Waals surface area contributed by atoms with Crippen molar-refractivity contribution in [3.8, 4) is 11.5 Å². The molecule has 2 aromatic carbocycles. The summed E-state index contributed by atoms with van der Waals surface area (Å²) in [5.74, 6) is 1.71. The van der Waals surface area contributed by atoms with Crippen LogP contribution in [-0.4, -0.2) is 61.4 Å². The van der Waals surface area contributed by atoms with Crippen molar-refractivity contribution in [1.82, 2.24) is 4.90 Å². The minimum absolute atomic E-state index is 0.0453. The zero-order valence-corrected chi connectivity index (χ0v) is 20.8. The number of carbonyl (C=O) groups excluding carboxylic acids is 1. The molecule has 35 heavy (non-hydrogen) atoms. The van der Waals surface area contributed by atoms with E-state index in [4.69, 9.17) is 9.47 Å². The predicted molar refractivity (Wildman–Crippen MR) is 137 cm³/mol. The lowest BCUT2D eigenvalue weighted by atomic mass is 9.68. The van der Waals surface area contributed by atoms with Crippen molar-refractivity contribution in [2.75, 3.05) is 38.3 Å². The van der Waals surface area contributed by atoms with Gasteiger partial charge in [-0.1, -0.05) is 36.8 Å². The highest BCUT2D eigenvalue weighted by molar-refractivity contribution is 5.84. The number of ether oxygens (including phenoxy) is 2. The Morgan fingerprint density at radius 2 is 1.80 bits per heavy atom. The first-order valence-electron chi connectivity index (χ1n) is 13.2. The van der Waals surface area contributed by atoms with E-state index in [1.165, 1.54) is 18.4 Å². The Morgan fingerprint density at radius 1 is 1.03 bits per heavy atom. The molecule has 1 heterocycles. The molecule has 0 radical (unpaired) electrons. The first-order valence-corrected chi connectivity index (χ1v) is 13.2. The Bertz CT molecular complexity index is 995. The Balaban J connectivity index is 1.38. The molecule has 6 heteroatoms. The minimum Gasteiger partial charge on any atom is -0.493 e. The molecule has 0 spiro atoms. The predicted octanol–water partition coefficient (Wildman–Crippen LogP) is 4.44. The van der Waals surface area contributed by atoms with Crippen molar-refractivity contribution in [2.45, 2.75) is 63.5 Å².